The molecule has 1 saturated heterocycles. The number of hydrogen-bond acceptors (Lipinski definition) is 5. The van der Waals surface area contributed by atoms with Gasteiger partial charge in [-0.1, -0.05) is 27.7 Å². The molecule has 1 heterocycles. The molecule has 0 aliphatic carbocycles. The number of morpholine rings is 1. The van der Waals surface area contributed by atoms with Crippen LogP contribution in [0.1, 0.15) is 38.1 Å². The summed E-state index contributed by atoms with van der Waals surface area (Å²) in [4.78, 5) is 14.6. The Balaban J connectivity index is 2.36. The van der Waals surface area contributed by atoms with Gasteiger partial charge in [-0.2, -0.15) is 0 Å². The fourth-order valence-electron chi connectivity index (χ4n) is 3.25. The van der Waals surface area contributed by atoms with E-state index in [-0.39, 0.29) is 34.2 Å². The molecule has 0 aromatic heterocycles. The van der Waals surface area contributed by atoms with Crippen LogP contribution in [0, 0.1) is 11.8 Å². The number of sulfonamides is 1. The van der Waals surface area contributed by atoms with E-state index in [0.717, 1.165) is 0 Å². The van der Waals surface area contributed by atoms with Crippen molar-refractivity contribution in [2.45, 2.75) is 38.6 Å². The maximum atomic E-state index is 12.9. The maximum absolute atomic E-state index is 12.9. The summed E-state index contributed by atoms with van der Waals surface area (Å²) in [5, 5.41) is 0. The minimum absolute atomic E-state index is 0.0613. The number of carbonyl (C=O) groups is 1. The Bertz CT molecular complexity index is 747. The quantitative estimate of drug-likeness (QED) is 0.761. The number of ether oxygens (including phenoxy) is 2. The van der Waals surface area contributed by atoms with Gasteiger partial charge in [-0.05, 0) is 30.0 Å². The molecule has 0 saturated carbocycles. The Labute approximate surface area is 162 Å². The summed E-state index contributed by atoms with van der Waals surface area (Å²) in [6.45, 7) is 9.81. The van der Waals surface area contributed by atoms with Crippen LogP contribution in [0.2, 0.25) is 0 Å². The van der Waals surface area contributed by atoms with Gasteiger partial charge in [0.05, 0.1) is 30.8 Å². The first-order chi connectivity index (χ1) is 12.7. The Kier molecular flexibility index (Phi) is 7.25. The number of nitrogens with one attached hydrogen (secondary N) is 1. The van der Waals surface area contributed by atoms with Crippen molar-refractivity contribution in [1.29, 1.82) is 0 Å². The molecule has 0 atom stereocenters. The normalized spacial score (nSPS) is 15.6. The van der Waals surface area contributed by atoms with Crippen molar-refractivity contribution in [2.24, 2.45) is 11.8 Å². The maximum Gasteiger partial charge on any atom is 0.257 e. The van der Waals surface area contributed by atoms with Crippen LogP contribution in [0.4, 0.5) is 0 Å². The minimum atomic E-state index is -3.76. The molecule has 1 N–H and O–H groups in total. The number of methoxy groups -OCH3 is 1. The van der Waals surface area contributed by atoms with Crippen LogP contribution < -0.4 is 9.46 Å². The first kappa shape index (κ1) is 21.7. The average Bonchev–Trinajstić information content (AvgIpc) is 2.65. The van der Waals surface area contributed by atoms with E-state index in [2.05, 4.69) is 4.72 Å². The number of carbonyl (C=O) groups excluding carboxylic acids is 1. The Hall–Kier alpha value is -1.64. The Morgan fingerprint density at radius 1 is 1.15 bits per heavy atom. The van der Waals surface area contributed by atoms with Gasteiger partial charge < -0.3 is 14.4 Å². The van der Waals surface area contributed by atoms with Crippen LogP contribution in [0.15, 0.2) is 23.1 Å². The zero-order valence-corrected chi connectivity index (χ0v) is 17.5. The van der Waals surface area contributed by atoms with E-state index in [0.29, 0.717) is 32.1 Å². The summed E-state index contributed by atoms with van der Waals surface area (Å²) in [6.07, 6.45) is 0. The van der Waals surface area contributed by atoms with Crippen molar-refractivity contribution in [3.05, 3.63) is 23.8 Å². The summed E-state index contributed by atoms with van der Waals surface area (Å²) >= 11 is 0. The second-order valence-electron chi connectivity index (χ2n) is 7.40. The van der Waals surface area contributed by atoms with E-state index < -0.39 is 10.0 Å². The van der Waals surface area contributed by atoms with E-state index in [1.54, 1.807) is 4.90 Å². The number of hydrogen-bond donors (Lipinski definition) is 1. The highest BCUT2D eigenvalue weighted by molar-refractivity contribution is 7.89. The SMILES string of the molecule is COc1ccc(S(=O)(=O)NC(C(C)C)C(C)C)cc1C(=O)N1CCOCC1. The Morgan fingerprint density at radius 3 is 2.26 bits per heavy atom. The second kappa shape index (κ2) is 9.03. The lowest BCUT2D eigenvalue weighted by Crippen LogP contribution is -2.42. The second-order valence-corrected chi connectivity index (χ2v) is 9.12. The van der Waals surface area contributed by atoms with E-state index in [4.69, 9.17) is 9.47 Å². The summed E-state index contributed by atoms with van der Waals surface area (Å²) < 4.78 is 39.2. The molecule has 1 aliphatic rings. The highest BCUT2D eigenvalue weighted by atomic mass is 32.2. The Morgan fingerprint density at radius 2 is 1.74 bits per heavy atom. The van der Waals surface area contributed by atoms with Gasteiger partial charge in [0.1, 0.15) is 5.75 Å². The van der Waals surface area contributed by atoms with Crippen molar-refractivity contribution in [1.82, 2.24) is 9.62 Å². The van der Waals surface area contributed by atoms with Gasteiger partial charge in [0.15, 0.2) is 0 Å². The van der Waals surface area contributed by atoms with Gasteiger partial charge >= 0.3 is 0 Å². The van der Waals surface area contributed by atoms with Crippen LogP contribution in [0.25, 0.3) is 0 Å². The number of benzene rings is 1. The molecule has 1 amide bonds. The molecule has 1 fully saturated rings. The number of nitrogens with zero attached hydrogens (tertiary/aromatic N) is 1. The van der Waals surface area contributed by atoms with Crippen LogP contribution >= 0.6 is 0 Å². The van der Waals surface area contributed by atoms with Gasteiger partial charge in [0.2, 0.25) is 10.0 Å². The van der Waals surface area contributed by atoms with E-state index in [1.165, 1.54) is 25.3 Å². The third-order valence-corrected chi connectivity index (χ3v) is 6.19. The third kappa shape index (κ3) is 5.21. The smallest absolute Gasteiger partial charge is 0.257 e. The van der Waals surface area contributed by atoms with E-state index in [9.17, 15) is 13.2 Å². The summed E-state index contributed by atoms with van der Waals surface area (Å²) in [5.74, 6) is 0.395. The summed E-state index contributed by atoms with van der Waals surface area (Å²) in [5.41, 5.74) is 0.243. The molecule has 1 aromatic rings. The van der Waals surface area contributed by atoms with Crippen molar-refractivity contribution in [2.75, 3.05) is 33.4 Å². The van der Waals surface area contributed by atoms with Crippen molar-refractivity contribution < 1.29 is 22.7 Å². The fourth-order valence-corrected chi connectivity index (χ4v) is 4.81. The molecule has 0 bridgehead atoms. The largest absolute Gasteiger partial charge is 0.496 e. The molecule has 0 radical (unpaired) electrons. The highest BCUT2D eigenvalue weighted by Crippen LogP contribution is 2.25. The molecule has 0 spiro atoms. The molecular weight excluding hydrogens is 368 g/mol. The summed E-state index contributed by atoms with van der Waals surface area (Å²) in [6, 6.07) is 4.20. The molecule has 152 valence electrons. The molecule has 7 nitrogen and oxygen atoms in total. The predicted octanol–water partition coefficient (Wildman–Crippen LogP) is 2.13. The van der Waals surface area contributed by atoms with Crippen LogP contribution in [-0.2, 0) is 14.8 Å². The van der Waals surface area contributed by atoms with E-state index >= 15 is 0 Å². The molecule has 1 aliphatic heterocycles. The molecule has 0 unspecified atom stereocenters. The highest BCUT2D eigenvalue weighted by Gasteiger charge is 2.28. The topological polar surface area (TPSA) is 84.9 Å². The van der Waals surface area contributed by atoms with Gasteiger partial charge in [-0.3, -0.25) is 4.79 Å². The zero-order chi connectivity index (χ0) is 20.2. The van der Waals surface area contributed by atoms with Crippen LogP contribution in [0.5, 0.6) is 5.75 Å². The lowest BCUT2D eigenvalue weighted by atomic mass is 9.94. The van der Waals surface area contributed by atoms with Gasteiger partial charge in [0.25, 0.3) is 5.91 Å². The number of amides is 1. The van der Waals surface area contributed by atoms with Crippen molar-refractivity contribution in [3.63, 3.8) is 0 Å². The first-order valence-electron chi connectivity index (χ1n) is 9.24. The predicted molar refractivity (Wildman–Crippen MR) is 104 cm³/mol. The average molecular weight is 399 g/mol. The monoisotopic (exact) mass is 398 g/mol. The fraction of sp³-hybridized carbons (Fsp3) is 0.632. The number of rotatable bonds is 7. The van der Waals surface area contributed by atoms with Crippen molar-refractivity contribution in [3.8, 4) is 5.75 Å². The lowest BCUT2D eigenvalue weighted by molar-refractivity contribution is 0.0300. The summed E-state index contributed by atoms with van der Waals surface area (Å²) in [7, 11) is -2.30. The minimum Gasteiger partial charge on any atom is -0.496 e. The van der Waals surface area contributed by atoms with Gasteiger partial charge in [-0.25, -0.2) is 13.1 Å². The molecular formula is C19H30N2O5S. The molecule has 1 aromatic carbocycles. The molecule has 27 heavy (non-hydrogen) atoms. The molecule has 8 heteroatoms. The zero-order valence-electron chi connectivity index (χ0n) is 16.7. The van der Waals surface area contributed by atoms with Gasteiger partial charge in [-0.15, -0.1) is 0 Å². The van der Waals surface area contributed by atoms with Gasteiger partial charge in [0, 0.05) is 19.1 Å². The van der Waals surface area contributed by atoms with Crippen LogP contribution in [0.3, 0.4) is 0 Å². The van der Waals surface area contributed by atoms with E-state index in [1.807, 2.05) is 27.7 Å². The van der Waals surface area contributed by atoms with Crippen molar-refractivity contribution >= 4 is 15.9 Å². The lowest BCUT2D eigenvalue weighted by Gasteiger charge is -2.28. The first-order valence-corrected chi connectivity index (χ1v) is 10.7. The van der Waals surface area contributed by atoms with Crippen LogP contribution in [-0.4, -0.2) is 58.7 Å². The molecule has 2 rings (SSSR count). The standard InChI is InChI=1S/C19H30N2O5S/c1-13(2)18(14(3)4)20-27(23,24)15-6-7-17(25-5)16(12-15)19(22)21-8-10-26-11-9-21/h6-7,12-14,18,20H,8-11H2,1-5H3. The third-order valence-electron chi connectivity index (χ3n) is 4.74.